The number of methoxy groups -OCH3 is 1. The fraction of sp³-hybridized carbons (Fsp3) is 0.588. The molecule has 21 heavy (non-hydrogen) atoms. The van der Waals surface area contributed by atoms with Crippen molar-refractivity contribution in [2.45, 2.75) is 38.9 Å². The number of nitrogens with one attached hydrogen (secondary N) is 1. The minimum Gasteiger partial charge on any atom is -0.384 e. The molecular formula is C17H26N2O2. The smallest absolute Gasteiger partial charge is 0.244 e. The lowest BCUT2D eigenvalue weighted by Crippen LogP contribution is -2.43. The van der Waals surface area contributed by atoms with Gasteiger partial charge < -0.3 is 9.64 Å². The van der Waals surface area contributed by atoms with Gasteiger partial charge in [0.25, 0.3) is 0 Å². The first-order valence-electron chi connectivity index (χ1n) is 7.64. The summed E-state index contributed by atoms with van der Waals surface area (Å²) >= 11 is 0. The number of ether oxygens (including phenoxy) is 1. The molecule has 1 aromatic carbocycles. The SMILES string of the molecule is CCC1(C)NC(c2ccccc2)N(CC(C)COC)C1=O. The zero-order valence-electron chi connectivity index (χ0n) is 13.4. The first-order chi connectivity index (χ1) is 10.0. The topological polar surface area (TPSA) is 41.6 Å². The van der Waals surface area contributed by atoms with Crippen LogP contribution in [0.3, 0.4) is 0 Å². The number of hydrogen-bond donors (Lipinski definition) is 1. The molecule has 1 aromatic rings. The van der Waals surface area contributed by atoms with Crippen molar-refractivity contribution in [1.82, 2.24) is 10.2 Å². The van der Waals surface area contributed by atoms with Crippen LogP contribution in [0.25, 0.3) is 0 Å². The van der Waals surface area contributed by atoms with Crippen molar-refractivity contribution in [2.75, 3.05) is 20.3 Å². The highest BCUT2D eigenvalue weighted by molar-refractivity contribution is 5.88. The summed E-state index contributed by atoms with van der Waals surface area (Å²) in [7, 11) is 1.70. The Morgan fingerprint density at radius 1 is 1.38 bits per heavy atom. The van der Waals surface area contributed by atoms with Crippen molar-refractivity contribution in [2.24, 2.45) is 5.92 Å². The van der Waals surface area contributed by atoms with E-state index >= 15 is 0 Å². The number of amides is 1. The Labute approximate surface area is 127 Å². The van der Waals surface area contributed by atoms with Crippen molar-refractivity contribution < 1.29 is 9.53 Å². The number of carbonyl (C=O) groups is 1. The third-order valence-electron chi connectivity index (χ3n) is 4.28. The molecule has 0 saturated carbocycles. The van der Waals surface area contributed by atoms with Gasteiger partial charge in [0.15, 0.2) is 0 Å². The summed E-state index contributed by atoms with van der Waals surface area (Å²) < 4.78 is 5.21. The van der Waals surface area contributed by atoms with Crippen LogP contribution in [0.2, 0.25) is 0 Å². The van der Waals surface area contributed by atoms with E-state index in [9.17, 15) is 4.79 Å². The summed E-state index contributed by atoms with van der Waals surface area (Å²) in [5.74, 6) is 0.493. The van der Waals surface area contributed by atoms with Gasteiger partial charge >= 0.3 is 0 Å². The molecule has 1 aliphatic rings. The van der Waals surface area contributed by atoms with Gasteiger partial charge in [-0.2, -0.15) is 0 Å². The molecule has 1 aliphatic heterocycles. The lowest BCUT2D eigenvalue weighted by Gasteiger charge is -2.27. The predicted molar refractivity (Wildman–Crippen MR) is 83.8 cm³/mol. The molecule has 116 valence electrons. The molecule has 1 saturated heterocycles. The van der Waals surface area contributed by atoms with E-state index in [1.165, 1.54) is 0 Å². The molecule has 0 aromatic heterocycles. The van der Waals surface area contributed by atoms with Gasteiger partial charge in [-0.1, -0.05) is 44.2 Å². The molecule has 1 heterocycles. The van der Waals surface area contributed by atoms with E-state index in [-0.39, 0.29) is 12.1 Å². The van der Waals surface area contributed by atoms with Crippen LogP contribution in [-0.2, 0) is 9.53 Å². The number of hydrogen-bond acceptors (Lipinski definition) is 3. The maximum atomic E-state index is 12.8. The van der Waals surface area contributed by atoms with Crippen LogP contribution in [0.1, 0.15) is 38.9 Å². The number of rotatable bonds is 6. The van der Waals surface area contributed by atoms with Gasteiger partial charge in [0.2, 0.25) is 5.91 Å². The molecule has 0 radical (unpaired) electrons. The highest BCUT2D eigenvalue weighted by atomic mass is 16.5. The van der Waals surface area contributed by atoms with Crippen LogP contribution in [0.5, 0.6) is 0 Å². The van der Waals surface area contributed by atoms with Crippen LogP contribution < -0.4 is 5.32 Å². The van der Waals surface area contributed by atoms with Crippen LogP contribution in [-0.4, -0.2) is 36.6 Å². The van der Waals surface area contributed by atoms with Gasteiger partial charge in [-0.15, -0.1) is 0 Å². The molecule has 1 N–H and O–H groups in total. The maximum absolute atomic E-state index is 12.8. The largest absolute Gasteiger partial charge is 0.384 e. The molecular weight excluding hydrogens is 264 g/mol. The van der Waals surface area contributed by atoms with E-state index in [2.05, 4.69) is 31.3 Å². The average molecular weight is 290 g/mol. The van der Waals surface area contributed by atoms with Crippen molar-refractivity contribution in [1.29, 1.82) is 0 Å². The maximum Gasteiger partial charge on any atom is 0.244 e. The Morgan fingerprint density at radius 3 is 2.62 bits per heavy atom. The van der Waals surface area contributed by atoms with Gasteiger partial charge in [-0.3, -0.25) is 10.1 Å². The van der Waals surface area contributed by atoms with Crippen molar-refractivity contribution >= 4 is 5.91 Å². The second-order valence-electron chi connectivity index (χ2n) is 6.16. The predicted octanol–water partition coefficient (Wildman–Crippen LogP) is 2.57. The molecule has 3 unspecified atom stereocenters. The monoisotopic (exact) mass is 290 g/mol. The molecule has 4 heteroatoms. The lowest BCUT2D eigenvalue weighted by atomic mass is 9.99. The zero-order valence-corrected chi connectivity index (χ0v) is 13.4. The van der Waals surface area contributed by atoms with E-state index in [0.29, 0.717) is 19.1 Å². The lowest BCUT2D eigenvalue weighted by molar-refractivity contribution is -0.133. The Balaban J connectivity index is 2.25. The summed E-state index contributed by atoms with van der Waals surface area (Å²) in [5, 5.41) is 3.52. The average Bonchev–Trinajstić information content (AvgIpc) is 2.74. The highest BCUT2D eigenvalue weighted by Gasteiger charge is 2.47. The van der Waals surface area contributed by atoms with Crippen LogP contribution in [0, 0.1) is 5.92 Å². The van der Waals surface area contributed by atoms with E-state index in [1.807, 2.05) is 30.0 Å². The quantitative estimate of drug-likeness (QED) is 0.875. The van der Waals surface area contributed by atoms with Gasteiger partial charge in [-0.25, -0.2) is 0 Å². The van der Waals surface area contributed by atoms with Gasteiger partial charge in [0, 0.05) is 13.7 Å². The minimum absolute atomic E-state index is 0.0528. The summed E-state index contributed by atoms with van der Waals surface area (Å²) in [5.41, 5.74) is 0.653. The van der Waals surface area contributed by atoms with Gasteiger partial charge in [0.1, 0.15) is 6.17 Å². The van der Waals surface area contributed by atoms with Crippen LogP contribution in [0.15, 0.2) is 30.3 Å². The minimum atomic E-state index is -0.479. The van der Waals surface area contributed by atoms with E-state index < -0.39 is 5.54 Å². The molecule has 0 spiro atoms. The number of benzene rings is 1. The van der Waals surface area contributed by atoms with E-state index in [4.69, 9.17) is 4.74 Å². The third kappa shape index (κ3) is 3.27. The molecule has 4 nitrogen and oxygen atoms in total. The van der Waals surface area contributed by atoms with Crippen molar-refractivity contribution in [3.63, 3.8) is 0 Å². The molecule has 0 bridgehead atoms. The molecule has 3 atom stereocenters. The van der Waals surface area contributed by atoms with Crippen molar-refractivity contribution in [3.8, 4) is 0 Å². The molecule has 0 aliphatic carbocycles. The fourth-order valence-corrected chi connectivity index (χ4v) is 2.89. The summed E-state index contributed by atoms with van der Waals surface area (Å²) in [6, 6.07) is 10.2. The highest BCUT2D eigenvalue weighted by Crippen LogP contribution is 2.33. The first-order valence-corrected chi connectivity index (χ1v) is 7.64. The zero-order chi connectivity index (χ0) is 15.5. The fourth-order valence-electron chi connectivity index (χ4n) is 2.89. The van der Waals surface area contributed by atoms with Crippen LogP contribution >= 0.6 is 0 Å². The molecule has 1 fully saturated rings. The Morgan fingerprint density at radius 2 is 2.05 bits per heavy atom. The summed E-state index contributed by atoms with van der Waals surface area (Å²) in [6.45, 7) is 7.52. The molecule has 2 rings (SSSR count). The number of nitrogens with zero attached hydrogens (tertiary/aromatic N) is 1. The number of carbonyl (C=O) groups excluding carboxylic acids is 1. The Kier molecular flexibility index (Phi) is 5.01. The second-order valence-corrected chi connectivity index (χ2v) is 6.16. The Bertz CT molecular complexity index is 477. The van der Waals surface area contributed by atoms with Gasteiger partial charge in [0.05, 0.1) is 12.1 Å². The summed E-state index contributed by atoms with van der Waals surface area (Å²) in [6.07, 6.45) is 0.729. The first kappa shape index (κ1) is 16.0. The summed E-state index contributed by atoms with van der Waals surface area (Å²) in [4.78, 5) is 14.8. The van der Waals surface area contributed by atoms with Crippen molar-refractivity contribution in [3.05, 3.63) is 35.9 Å². The van der Waals surface area contributed by atoms with E-state index in [1.54, 1.807) is 7.11 Å². The Hall–Kier alpha value is -1.39. The third-order valence-corrected chi connectivity index (χ3v) is 4.28. The standard InChI is InChI=1S/C17H26N2O2/c1-5-17(3)16(20)19(11-13(2)12-21-4)15(18-17)14-9-7-6-8-10-14/h6-10,13,15,18H,5,11-12H2,1-4H3. The van der Waals surface area contributed by atoms with E-state index in [0.717, 1.165) is 12.0 Å². The van der Waals surface area contributed by atoms with Gasteiger partial charge in [-0.05, 0) is 24.8 Å². The normalized spacial score (nSPS) is 27.1. The molecule has 1 amide bonds. The second kappa shape index (κ2) is 6.58. The van der Waals surface area contributed by atoms with Crippen LogP contribution in [0.4, 0.5) is 0 Å².